The third kappa shape index (κ3) is 9.78. The normalized spacial score (nSPS) is 13.7. The van der Waals surface area contributed by atoms with E-state index in [2.05, 4.69) is 17.6 Å². The molecule has 2 amide bonds. The number of carbonyl (C=O) groups excluding carboxylic acids is 2. The predicted octanol–water partition coefficient (Wildman–Crippen LogP) is 7.25. The number of nitrogens with zero attached hydrogens (tertiary/aromatic N) is 3. The van der Waals surface area contributed by atoms with E-state index in [4.69, 9.17) is 4.74 Å². The van der Waals surface area contributed by atoms with Gasteiger partial charge in [0.05, 0.1) is 6.54 Å². The van der Waals surface area contributed by atoms with E-state index in [0.29, 0.717) is 38.2 Å². The summed E-state index contributed by atoms with van der Waals surface area (Å²) in [5, 5.41) is 0. The van der Waals surface area contributed by atoms with Crippen molar-refractivity contribution in [2.75, 3.05) is 26.8 Å². The van der Waals surface area contributed by atoms with Crippen LogP contribution in [0.25, 0.3) is 0 Å². The molecule has 0 saturated heterocycles. The highest BCUT2D eigenvalue weighted by atomic mass is 19.1. The van der Waals surface area contributed by atoms with Crippen LogP contribution in [0.1, 0.15) is 91.9 Å². The molecule has 0 radical (unpaired) electrons. The van der Waals surface area contributed by atoms with Gasteiger partial charge < -0.3 is 19.1 Å². The van der Waals surface area contributed by atoms with Gasteiger partial charge in [-0.2, -0.15) is 0 Å². The number of benzene rings is 2. The first-order valence-corrected chi connectivity index (χ1v) is 16.0. The molecule has 0 bridgehead atoms. The summed E-state index contributed by atoms with van der Waals surface area (Å²) < 4.78 is 20.9. The molecule has 4 rings (SSSR count). The first kappa shape index (κ1) is 32.5. The maximum absolute atomic E-state index is 14.1. The Labute approximate surface area is 256 Å². The first-order chi connectivity index (χ1) is 21.0. The fourth-order valence-corrected chi connectivity index (χ4v) is 6.00. The van der Waals surface area contributed by atoms with Crippen LogP contribution in [-0.2, 0) is 29.0 Å². The van der Waals surface area contributed by atoms with Crippen molar-refractivity contribution in [3.8, 4) is 0 Å². The molecule has 7 heteroatoms. The number of halogens is 1. The van der Waals surface area contributed by atoms with Crippen LogP contribution in [-0.4, -0.2) is 59.0 Å². The van der Waals surface area contributed by atoms with Gasteiger partial charge in [0.25, 0.3) is 5.91 Å². The van der Waals surface area contributed by atoms with Crippen LogP contribution in [0.5, 0.6) is 0 Å². The summed E-state index contributed by atoms with van der Waals surface area (Å²) in [7, 11) is 1.65. The number of carbonyl (C=O) groups is 2. The van der Waals surface area contributed by atoms with E-state index in [-0.39, 0.29) is 30.2 Å². The van der Waals surface area contributed by atoms with Crippen molar-refractivity contribution < 1.29 is 18.7 Å². The number of rotatable bonds is 16. The third-order valence-corrected chi connectivity index (χ3v) is 8.52. The van der Waals surface area contributed by atoms with Gasteiger partial charge >= 0.3 is 0 Å². The number of aromatic nitrogens is 1. The fourth-order valence-electron chi connectivity index (χ4n) is 6.00. The average molecular weight is 590 g/mol. The molecule has 0 unspecified atom stereocenters. The SMILES string of the molecule is CCCCCc1ccc(C(=O)N(CCCOC)CC(=O)N(Cc2cccn2Cc2ccc(F)cc2)C2CCCCC2)cc1. The highest BCUT2D eigenvalue weighted by Gasteiger charge is 2.29. The van der Waals surface area contributed by atoms with Gasteiger partial charge in [-0.1, -0.05) is 63.3 Å². The van der Waals surface area contributed by atoms with E-state index in [1.165, 1.54) is 37.0 Å². The third-order valence-electron chi connectivity index (χ3n) is 8.52. The van der Waals surface area contributed by atoms with Crippen LogP contribution >= 0.6 is 0 Å². The minimum atomic E-state index is -0.252. The standard InChI is InChI=1S/C36H48FN3O3/c1-3-4-6-11-29-15-19-31(20-16-29)36(42)39(24-10-25-43-2)28-35(41)40(33-12-7-5-8-13-33)27-34-14-9-23-38(34)26-30-17-21-32(37)22-18-30/h9,14-23,33H,3-8,10-13,24-28H2,1-2H3. The summed E-state index contributed by atoms with van der Waals surface area (Å²) in [6.45, 7) is 4.29. The molecule has 232 valence electrons. The van der Waals surface area contributed by atoms with Crippen LogP contribution in [0.15, 0.2) is 66.9 Å². The van der Waals surface area contributed by atoms with E-state index >= 15 is 0 Å². The summed E-state index contributed by atoms with van der Waals surface area (Å²) in [5.74, 6) is -0.394. The summed E-state index contributed by atoms with van der Waals surface area (Å²) in [5.41, 5.74) is 3.88. The molecule has 0 spiro atoms. The highest BCUT2D eigenvalue weighted by molar-refractivity contribution is 5.96. The molecule has 1 fully saturated rings. The quantitative estimate of drug-likeness (QED) is 0.165. The number of amides is 2. The van der Waals surface area contributed by atoms with Crippen molar-refractivity contribution in [3.05, 3.63) is 95.1 Å². The summed E-state index contributed by atoms with van der Waals surface area (Å²) in [6.07, 6.45) is 12.5. The van der Waals surface area contributed by atoms with E-state index in [9.17, 15) is 14.0 Å². The Bertz CT molecular complexity index is 1270. The Morgan fingerprint density at radius 2 is 1.65 bits per heavy atom. The van der Waals surface area contributed by atoms with Gasteiger partial charge in [-0.25, -0.2) is 4.39 Å². The average Bonchev–Trinajstić information content (AvgIpc) is 3.47. The molecule has 1 aromatic heterocycles. The van der Waals surface area contributed by atoms with Crippen molar-refractivity contribution in [2.24, 2.45) is 0 Å². The van der Waals surface area contributed by atoms with Gasteiger partial charge in [0.2, 0.25) is 5.91 Å². The van der Waals surface area contributed by atoms with Crippen LogP contribution in [0.4, 0.5) is 4.39 Å². The molecule has 1 aliphatic rings. The smallest absolute Gasteiger partial charge is 0.254 e. The van der Waals surface area contributed by atoms with Gasteiger partial charge in [0.15, 0.2) is 0 Å². The van der Waals surface area contributed by atoms with Crippen molar-refractivity contribution in [3.63, 3.8) is 0 Å². The topological polar surface area (TPSA) is 54.8 Å². The van der Waals surface area contributed by atoms with Gasteiger partial charge in [0.1, 0.15) is 12.4 Å². The van der Waals surface area contributed by atoms with E-state index in [1.807, 2.05) is 41.4 Å². The molecule has 43 heavy (non-hydrogen) atoms. The second-order valence-electron chi connectivity index (χ2n) is 11.8. The lowest BCUT2D eigenvalue weighted by Gasteiger charge is -2.36. The zero-order valence-electron chi connectivity index (χ0n) is 26.0. The largest absolute Gasteiger partial charge is 0.385 e. The molecule has 1 aliphatic carbocycles. The lowest BCUT2D eigenvalue weighted by Crippen LogP contribution is -2.48. The minimum Gasteiger partial charge on any atom is -0.385 e. The predicted molar refractivity (Wildman–Crippen MR) is 169 cm³/mol. The molecular weight excluding hydrogens is 541 g/mol. The van der Waals surface area contributed by atoms with Crippen molar-refractivity contribution in [1.82, 2.24) is 14.4 Å². The number of hydrogen-bond donors (Lipinski definition) is 0. The molecular formula is C36H48FN3O3. The van der Waals surface area contributed by atoms with E-state index in [0.717, 1.165) is 49.8 Å². The Balaban J connectivity index is 1.50. The van der Waals surface area contributed by atoms with Crippen molar-refractivity contribution >= 4 is 11.8 Å². The van der Waals surface area contributed by atoms with Gasteiger partial charge in [-0.3, -0.25) is 9.59 Å². The molecule has 0 aliphatic heterocycles. The maximum atomic E-state index is 14.1. The molecule has 0 atom stereocenters. The Hall–Kier alpha value is -3.45. The van der Waals surface area contributed by atoms with Gasteiger partial charge in [-0.15, -0.1) is 0 Å². The van der Waals surface area contributed by atoms with Crippen LogP contribution in [0.2, 0.25) is 0 Å². The number of methoxy groups -OCH3 is 1. The number of aryl methyl sites for hydroxylation is 1. The highest BCUT2D eigenvalue weighted by Crippen LogP contribution is 2.25. The molecule has 6 nitrogen and oxygen atoms in total. The second-order valence-corrected chi connectivity index (χ2v) is 11.8. The van der Waals surface area contributed by atoms with Crippen LogP contribution in [0, 0.1) is 5.82 Å². The fraction of sp³-hybridized carbons (Fsp3) is 0.500. The van der Waals surface area contributed by atoms with Crippen LogP contribution in [0.3, 0.4) is 0 Å². The zero-order chi connectivity index (χ0) is 30.4. The first-order valence-electron chi connectivity index (χ1n) is 16.0. The monoisotopic (exact) mass is 589 g/mol. The molecule has 3 aromatic rings. The maximum Gasteiger partial charge on any atom is 0.254 e. The Morgan fingerprint density at radius 3 is 2.35 bits per heavy atom. The summed E-state index contributed by atoms with van der Waals surface area (Å²) >= 11 is 0. The number of unbranched alkanes of at least 4 members (excludes halogenated alkanes) is 2. The second kappa shape index (κ2) is 17.0. The van der Waals surface area contributed by atoms with Gasteiger partial charge in [0, 0.05) is 50.3 Å². The van der Waals surface area contributed by atoms with Crippen LogP contribution < -0.4 is 0 Å². The Morgan fingerprint density at radius 1 is 0.930 bits per heavy atom. The number of hydrogen-bond acceptors (Lipinski definition) is 3. The molecule has 1 saturated carbocycles. The minimum absolute atomic E-state index is 0.0246. The van der Waals surface area contributed by atoms with Crippen molar-refractivity contribution in [1.29, 1.82) is 0 Å². The summed E-state index contributed by atoms with van der Waals surface area (Å²) in [6, 6.07) is 18.6. The van der Waals surface area contributed by atoms with Crippen molar-refractivity contribution in [2.45, 2.75) is 90.3 Å². The van der Waals surface area contributed by atoms with Gasteiger partial charge in [-0.05, 0) is 79.6 Å². The molecule has 0 N–H and O–H groups in total. The molecule has 1 heterocycles. The molecule has 2 aromatic carbocycles. The zero-order valence-corrected chi connectivity index (χ0v) is 26.0. The number of ether oxygens (including phenoxy) is 1. The van der Waals surface area contributed by atoms with E-state index < -0.39 is 0 Å². The lowest BCUT2D eigenvalue weighted by atomic mass is 9.94. The Kier molecular flexibility index (Phi) is 12.8. The lowest BCUT2D eigenvalue weighted by molar-refractivity contribution is -0.135. The summed E-state index contributed by atoms with van der Waals surface area (Å²) in [4.78, 5) is 31.5. The van der Waals surface area contributed by atoms with E-state index in [1.54, 1.807) is 24.1 Å².